The summed E-state index contributed by atoms with van der Waals surface area (Å²) in [4.78, 5) is 0. The van der Waals surface area contributed by atoms with Gasteiger partial charge >= 0.3 is 0 Å². The molecule has 16 heavy (non-hydrogen) atoms. The molecule has 88 valence electrons. The van der Waals surface area contributed by atoms with Crippen LogP contribution in [-0.2, 0) is 4.74 Å². The molecule has 1 aliphatic carbocycles. The number of benzene rings is 1. The van der Waals surface area contributed by atoms with Gasteiger partial charge in [-0.2, -0.15) is 0 Å². The number of aryl methyl sites for hydroxylation is 2. The molecular formula is C14H21NO. The lowest BCUT2D eigenvalue weighted by Crippen LogP contribution is -2.27. The van der Waals surface area contributed by atoms with Crippen LogP contribution in [0.15, 0.2) is 18.2 Å². The summed E-state index contributed by atoms with van der Waals surface area (Å²) >= 11 is 0. The van der Waals surface area contributed by atoms with E-state index in [2.05, 4.69) is 37.4 Å². The highest BCUT2D eigenvalue weighted by atomic mass is 16.5. The topological polar surface area (TPSA) is 21.3 Å². The smallest absolute Gasteiger partial charge is 0.0666 e. The third-order valence-corrected chi connectivity index (χ3v) is 3.11. The van der Waals surface area contributed by atoms with Gasteiger partial charge in [0.05, 0.1) is 12.6 Å². The van der Waals surface area contributed by atoms with Gasteiger partial charge in [-0.1, -0.05) is 6.07 Å². The Bertz CT molecular complexity index is 338. The third kappa shape index (κ3) is 2.99. The van der Waals surface area contributed by atoms with Crippen molar-refractivity contribution in [1.82, 2.24) is 0 Å². The molecule has 0 heterocycles. The molecule has 0 amide bonds. The molecule has 0 bridgehead atoms. The second-order valence-corrected chi connectivity index (χ2v) is 4.92. The number of hydrogen-bond donors (Lipinski definition) is 1. The van der Waals surface area contributed by atoms with Crippen LogP contribution in [0.5, 0.6) is 0 Å². The van der Waals surface area contributed by atoms with E-state index in [-0.39, 0.29) is 0 Å². The summed E-state index contributed by atoms with van der Waals surface area (Å²) in [5, 5.41) is 3.60. The Morgan fingerprint density at radius 3 is 2.38 bits per heavy atom. The van der Waals surface area contributed by atoms with Crippen LogP contribution in [0.4, 0.5) is 5.69 Å². The molecule has 1 N–H and O–H groups in total. The minimum absolute atomic E-state index is 0.478. The van der Waals surface area contributed by atoms with Gasteiger partial charge in [0.15, 0.2) is 0 Å². The van der Waals surface area contributed by atoms with Crippen LogP contribution >= 0.6 is 0 Å². The van der Waals surface area contributed by atoms with Gasteiger partial charge in [0, 0.05) is 12.8 Å². The minimum atomic E-state index is 0.478. The fourth-order valence-corrected chi connectivity index (χ4v) is 2.25. The molecule has 1 aromatic rings. The van der Waals surface area contributed by atoms with Crippen molar-refractivity contribution in [3.63, 3.8) is 0 Å². The van der Waals surface area contributed by atoms with Crippen molar-refractivity contribution >= 4 is 5.69 Å². The quantitative estimate of drug-likeness (QED) is 0.821. The Morgan fingerprint density at radius 2 is 1.88 bits per heavy atom. The van der Waals surface area contributed by atoms with Crippen molar-refractivity contribution in [3.8, 4) is 0 Å². The Kier molecular flexibility index (Phi) is 3.49. The van der Waals surface area contributed by atoms with E-state index < -0.39 is 0 Å². The summed E-state index contributed by atoms with van der Waals surface area (Å²) in [6.45, 7) is 5.08. The second kappa shape index (κ2) is 4.88. The molecule has 0 radical (unpaired) electrons. The lowest BCUT2D eigenvalue weighted by Gasteiger charge is -2.19. The van der Waals surface area contributed by atoms with E-state index in [9.17, 15) is 0 Å². The van der Waals surface area contributed by atoms with E-state index in [1.165, 1.54) is 29.7 Å². The van der Waals surface area contributed by atoms with E-state index in [0.29, 0.717) is 6.04 Å². The third-order valence-electron chi connectivity index (χ3n) is 3.11. The Hall–Kier alpha value is -1.02. The Labute approximate surface area is 98.0 Å². The maximum Gasteiger partial charge on any atom is 0.0666 e. The minimum Gasteiger partial charge on any atom is -0.383 e. The molecule has 1 saturated carbocycles. The molecule has 0 aromatic heterocycles. The van der Waals surface area contributed by atoms with Gasteiger partial charge < -0.3 is 10.1 Å². The summed E-state index contributed by atoms with van der Waals surface area (Å²) in [5.41, 5.74) is 3.86. The summed E-state index contributed by atoms with van der Waals surface area (Å²) in [5.74, 6) is 0.806. The molecule has 1 fully saturated rings. The average molecular weight is 219 g/mol. The van der Waals surface area contributed by atoms with Crippen molar-refractivity contribution < 1.29 is 4.74 Å². The van der Waals surface area contributed by atoms with Crippen LogP contribution in [0, 0.1) is 19.8 Å². The second-order valence-electron chi connectivity index (χ2n) is 4.92. The number of ether oxygens (including phenoxy) is 1. The van der Waals surface area contributed by atoms with Crippen LogP contribution in [-0.4, -0.2) is 19.8 Å². The number of anilines is 1. The van der Waals surface area contributed by atoms with Crippen molar-refractivity contribution in [2.75, 3.05) is 19.0 Å². The van der Waals surface area contributed by atoms with Crippen molar-refractivity contribution in [2.24, 2.45) is 5.92 Å². The SMILES string of the molecule is COCC(Nc1cc(C)cc(C)c1)C1CC1. The zero-order valence-electron chi connectivity index (χ0n) is 10.4. The van der Waals surface area contributed by atoms with Crippen molar-refractivity contribution in [2.45, 2.75) is 32.7 Å². The summed E-state index contributed by atoms with van der Waals surface area (Å²) in [6.07, 6.45) is 2.68. The van der Waals surface area contributed by atoms with Crippen LogP contribution < -0.4 is 5.32 Å². The Morgan fingerprint density at radius 1 is 1.25 bits per heavy atom. The van der Waals surface area contributed by atoms with Gasteiger partial charge in [-0.15, -0.1) is 0 Å². The van der Waals surface area contributed by atoms with Gasteiger partial charge in [-0.25, -0.2) is 0 Å². The number of methoxy groups -OCH3 is 1. The summed E-state index contributed by atoms with van der Waals surface area (Å²) in [6, 6.07) is 7.09. The lowest BCUT2D eigenvalue weighted by molar-refractivity contribution is 0.179. The van der Waals surface area contributed by atoms with Crippen LogP contribution in [0.1, 0.15) is 24.0 Å². The highest BCUT2D eigenvalue weighted by Gasteiger charge is 2.31. The first kappa shape index (κ1) is 11.5. The predicted molar refractivity (Wildman–Crippen MR) is 67.9 cm³/mol. The van der Waals surface area contributed by atoms with E-state index >= 15 is 0 Å². The molecule has 0 aliphatic heterocycles. The molecule has 0 spiro atoms. The standard InChI is InChI=1S/C14H21NO/c1-10-6-11(2)8-13(7-10)15-14(9-16-3)12-4-5-12/h6-8,12,14-15H,4-5,9H2,1-3H3. The molecule has 1 unspecified atom stereocenters. The maximum atomic E-state index is 5.28. The molecule has 2 nitrogen and oxygen atoms in total. The number of nitrogens with one attached hydrogen (secondary N) is 1. The molecule has 2 rings (SSSR count). The first-order valence-corrected chi connectivity index (χ1v) is 6.03. The van der Waals surface area contributed by atoms with E-state index in [1.54, 1.807) is 7.11 Å². The van der Waals surface area contributed by atoms with Gasteiger partial charge in [0.2, 0.25) is 0 Å². The van der Waals surface area contributed by atoms with Crippen molar-refractivity contribution in [1.29, 1.82) is 0 Å². The fourth-order valence-electron chi connectivity index (χ4n) is 2.25. The monoisotopic (exact) mass is 219 g/mol. The van der Waals surface area contributed by atoms with Gasteiger partial charge in [0.25, 0.3) is 0 Å². The molecule has 0 saturated heterocycles. The zero-order valence-corrected chi connectivity index (χ0v) is 10.4. The largest absolute Gasteiger partial charge is 0.383 e. The van der Waals surface area contributed by atoms with Crippen LogP contribution in [0.3, 0.4) is 0 Å². The zero-order chi connectivity index (χ0) is 11.5. The molecular weight excluding hydrogens is 198 g/mol. The molecule has 1 aromatic carbocycles. The first-order valence-electron chi connectivity index (χ1n) is 6.03. The van der Waals surface area contributed by atoms with Crippen molar-refractivity contribution in [3.05, 3.63) is 29.3 Å². The number of rotatable bonds is 5. The molecule has 1 aliphatic rings. The molecule has 1 atom stereocenters. The highest BCUT2D eigenvalue weighted by Crippen LogP contribution is 2.34. The summed E-state index contributed by atoms with van der Waals surface area (Å²) in [7, 11) is 1.78. The number of hydrogen-bond acceptors (Lipinski definition) is 2. The van der Waals surface area contributed by atoms with Gasteiger partial charge in [-0.3, -0.25) is 0 Å². The van der Waals surface area contributed by atoms with Crippen LogP contribution in [0.25, 0.3) is 0 Å². The van der Waals surface area contributed by atoms with Gasteiger partial charge in [-0.05, 0) is 55.9 Å². The van der Waals surface area contributed by atoms with Crippen LogP contribution in [0.2, 0.25) is 0 Å². The maximum absolute atomic E-state index is 5.28. The summed E-state index contributed by atoms with van der Waals surface area (Å²) < 4.78 is 5.28. The average Bonchev–Trinajstić information content (AvgIpc) is 2.98. The van der Waals surface area contributed by atoms with E-state index in [1.807, 2.05) is 0 Å². The predicted octanol–water partition coefficient (Wildman–Crippen LogP) is 3.14. The molecule has 2 heteroatoms. The van der Waals surface area contributed by atoms with E-state index in [4.69, 9.17) is 4.74 Å². The van der Waals surface area contributed by atoms with E-state index in [0.717, 1.165) is 12.5 Å². The fraction of sp³-hybridized carbons (Fsp3) is 0.571. The normalized spacial score (nSPS) is 17.2. The lowest BCUT2D eigenvalue weighted by atomic mass is 10.1. The Balaban J connectivity index is 2.05. The highest BCUT2D eigenvalue weighted by molar-refractivity contribution is 5.49. The first-order chi connectivity index (χ1) is 7.69. The van der Waals surface area contributed by atoms with Gasteiger partial charge in [0.1, 0.15) is 0 Å².